The van der Waals surface area contributed by atoms with Crippen molar-refractivity contribution in [1.82, 2.24) is 10.2 Å². The molecule has 3 fully saturated rings. The summed E-state index contributed by atoms with van der Waals surface area (Å²) in [7, 11) is 1.59. The fourth-order valence-corrected chi connectivity index (χ4v) is 6.96. The van der Waals surface area contributed by atoms with Crippen molar-refractivity contribution in [2.45, 2.75) is 69.4 Å². The number of nitrogens with one attached hydrogen (secondary N) is 2. The summed E-state index contributed by atoms with van der Waals surface area (Å²) in [6.07, 6.45) is 8.25. The Morgan fingerprint density at radius 2 is 1.83 bits per heavy atom. The van der Waals surface area contributed by atoms with E-state index in [4.69, 9.17) is 14.2 Å². The largest absolute Gasteiger partial charge is 0.497 e. The van der Waals surface area contributed by atoms with Crippen LogP contribution in [0.1, 0.15) is 44.6 Å². The van der Waals surface area contributed by atoms with E-state index >= 15 is 0 Å². The summed E-state index contributed by atoms with van der Waals surface area (Å²) < 4.78 is 17.4. The number of nitrogens with zero attached hydrogens (tertiary/aromatic N) is 1. The highest BCUT2D eigenvalue weighted by Crippen LogP contribution is 2.55. The van der Waals surface area contributed by atoms with Crippen LogP contribution in [-0.4, -0.2) is 60.1 Å². The van der Waals surface area contributed by atoms with Crippen molar-refractivity contribution >= 4 is 23.4 Å². The van der Waals surface area contributed by atoms with E-state index in [1.807, 2.05) is 43.3 Å². The second kappa shape index (κ2) is 11.2. The van der Waals surface area contributed by atoms with Crippen LogP contribution in [0.4, 0.5) is 5.69 Å². The molecule has 2 saturated heterocycles. The average Bonchev–Trinajstić information content (AvgIpc) is 3.62. The van der Waals surface area contributed by atoms with Gasteiger partial charge in [-0.05, 0) is 61.7 Å². The predicted molar refractivity (Wildman–Crippen MR) is 152 cm³/mol. The van der Waals surface area contributed by atoms with Crippen LogP contribution in [0.2, 0.25) is 0 Å². The molecule has 1 aliphatic carbocycles. The smallest absolute Gasteiger partial charge is 0.246 e. The van der Waals surface area contributed by atoms with Crippen LogP contribution in [0, 0.1) is 11.8 Å². The van der Waals surface area contributed by atoms with Gasteiger partial charge in [0, 0.05) is 18.3 Å². The summed E-state index contributed by atoms with van der Waals surface area (Å²) in [4.78, 5) is 43.5. The topological polar surface area (TPSA) is 106 Å². The number of amides is 3. The standard InChI is InChI=1S/C32H37N3O6/c1-3-40-23-14-12-22(13-15-23)33-29(36)26-25-16-17-32(41-25)27(26)31(38)35(19-20-8-7-11-24(18-20)39-2)28(32)30(37)34-21-9-5-4-6-10-21/h7-8,11-18,21,25-28H,3-6,9-10,19H2,1-2H3,(H,33,36)(H,34,37)/t25-,26-,27-,28+,32-/m1/s1. The zero-order chi connectivity index (χ0) is 28.6. The van der Waals surface area contributed by atoms with Gasteiger partial charge in [0.1, 0.15) is 23.1 Å². The zero-order valence-corrected chi connectivity index (χ0v) is 23.5. The quantitative estimate of drug-likeness (QED) is 0.453. The average molecular weight is 560 g/mol. The third-order valence-corrected chi connectivity index (χ3v) is 8.80. The molecule has 5 atom stereocenters. The minimum atomic E-state index is -1.21. The van der Waals surface area contributed by atoms with Gasteiger partial charge >= 0.3 is 0 Å². The normalized spacial score (nSPS) is 28.4. The fraction of sp³-hybridized carbons (Fsp3) is 0.469. The number of anilines is 1. The molecule has 9 heteroatoms. The molecule has 0 radical (unpaired) electrons. The number of likely N-dealkylation sites (tertiary alicyclic amines) is 1. The van der Waals surface area contributed by atoms with E-state index in [0.717, 1.165) is 31.2 Å². The second-order valence-electron chi connectivity index (χ2n) is 11.3. The van der Waals surface area contributed by atoms with Gasteiger partial charge in [-0.3, -0.25) is 14.4 Å². The molecule has 0 aromatic heterocycles. The minimum absolute atomic E-state index is 0.0711. The van der Waals surface area contributed by atoms with Gasteiger partial charge in [0.2, 0.25) is 17.7 Å². The molecule has 1 spiro atoms. The van der Waals surface area contributed by atoms with Crippen LogP contribution < -0.4 is 20.1 Å². The van der Waals surface area contributed by atoms with Crippen molar-refractivity contribution in [3.05, 3.63) is 66.2 Å². The molecular formula is C32H37N3O6. The van der Waals surface area contributed by atoms with Gasteiger partial charge in [0.25, 0.3) is 0 Å². The maximum atomic E-state index is 14.2. The van der Waals surface area contributed by atoms with Crippen molar-refractivity contribution in [3.8, 4) is 11.5 Å². The number of carbonyl (C=O) groups is 3. The number of ether oxygens (including phenoxy) is 3. The predicted octanol–water partition coefficient (Wildman–Crippen LogP) is 3.83. The number of carbonyl (C=O) groups excluding carboxylic acids is 3. The zero-order valence-electron chi connectivity index (χ0n) is 23.5. The Labute approximate surface area is 240 Å². The SMILES string of the molecule is CCOc1ccc(NC(=O)[C@@H]2[C@H]3C=C[C@]4(O3)[C@H](C(=O)NC3CCCCC3)N(Cc3cccc(OC)c3)C(=O)[C@@H]24)cc1. The number of methoxy groups -OCH3 is 1. The molecule has 3 amide bonds. The lowest BCUT2D eigenvalue weighted by Gasteiger charge is -2.34. The first kappa shape index (κ1) is 27.3. The van der Waals surface area contributed by atoms with E-state index in [-0.39, 0.29) is 30.3 Å². The number of hydrogen-bond donors (Lipinski definition) is 2. The van der Waals surface area contributed by atoms with Crippen molar-refractivity contribution in [3.63, 3.8) is 0 Å². The van der Waals surface area contributed by atoms with Crippen LogP contribution in [0.3, 0.4) is 0 Å². The maximum absolute atomic E-state index is 14.2. The van der Waals surface area contributed by atoms with Crippen molar-refractivity contribution in [2.24, 2.45) is 11.8 Å². The van der Waals surface area contributed by atoms with Crippen molar-refractivity contribution in [1.29, 1.82) is 0 Å². The molecule has 2 aromatic rings. The number of hydrogen-bond acceptors (Lipinski definition) is 6. The first-order chi connectivity index (χ1) is 19.9. The highest BCUT2D eigenvalue weighted by molar-refractivity contribution is 6.02. The lowest BCUT2D eigenvalue weighted by molar-refractivity contribution is -0.142. The van der Waals surface area contributed by atoms with Gasteiger partial charge in [-0.1, -0.05) is 43.5 Å². The van der Waals surface area contributed by atoms with E-state index in [1.54, 1.807) is 36.3 Å². The van der Waals surface area contributed by atoms with Crippen LogP contribution in [-0.2, 0) is 25.7 Å². The Kier molecular flexibility index (Phi) is 7.46. The third kappa shape index (κ3) is 4.96. The molecule has 0 unspecified atom stereocenters. The fourth-order valence-electron chi connectivity index (χ4n) is 6.96. The maximum Gasteiger partial charge on any atom is 0.246 e. The summed E-state index contributed by atoms with van der Waals surface area (Å²) in [6, 6.07) is 13.8. The van der Waals surface area contributed by atoms with E-state index in [2.05, 4.69) is 10.6 Å². The van der Waals surface area contributed by atoms with Gasteiger partial charge in [0.15, 0.2) is 0 Å². The van der Waals surface area contributed by atoms with Crippen LogP contribution in [0.25, 0.3) is 0 Å². The molecule has 2 aromatic carbocycles. The number of fused-ring (bicyclic) bond motifs is 1. The number of benzene rings is 2. The second-order valence-corrected chi connectivity index (χ2v) is 11.3. The molecule has 2 N–H and O–H groups in total. The number of rotatable bonds is 9. The lowest BCUT2D eigenvalue weighted by atomic mass is 9.74. The summed E-state index contributed by atoms with van der Waals surface area (Å²) >= 11 is 0. The third-order valence-electron chi connectivity index (χ3n) is 8.80. The molecule has 3 heterocycles. The van der Waals surface area contributed by atoms with E-state index in [0.29, 0.717) is 23.8 Å². The van der Waals surface area contributed by atoms with Gasteiger partial charge in [-0.25, -0.2) is 0 Å². The molecule has 1 saturated carbocycles. The molecular weight excluding hydrogens is 522 g/mol. The van der Waals surface area contributed by atoms with Gasteiger partial charge < -0.3 is 29.7 Å². The van der Waals surface area contributed by atoms with Gasteiger partial charge in [0.05, 0.1) is 31.7 Å². The van der Waals surface area contributed by atoms with Gasteiger partial charge in [-0.15, -0.1) is 0 Å². The van der Waals surface area contributed by atoms with Crippen molar-refractivity contribution in [2.75, 3.05) is 19.0 Å². The Morgan fingerprint density at radius 1 is 1.05 bits per heavy atom. The molecule has 216 valence electrons. The van der Waals surface area contributed by atoms with Crippen LogP contribution >= 0.6 is 0 Å². The Balaban J connectivity index is 1.30. The van der Waals surface area contributed by atoms with Crippen LogP contribution in [0.15, 0.2) is 60.7 Å². The summed E-state index contributed by atoms with van der Waals surface area (Å²) in [5, 5.41) is 6.19. The van der Waals surface area contributed by atoms with E-state index in [9.17, 15) is 14.4 Å². The van der Waals surface area contributed by atoms with Crippen molar-refractivity contribution < 1.29 is 28.6 Å². The molecule has 3 aliphatic heterocycles. The highest BCUT2D eigenvalue weighted by atomic mass is 16.5. The minimum Gasteiger partial charge on any atom is -0.497 e. The highest BCUT2D eigenvalue weighted by Gasteiger charge is 2.72. The summed E-state index contributed by atoms with van der Waals surface area (Å²) in [5.41, 5.74) is 0.225. The Hall–Kier alpha value is -3.85. The first-order valence-electron chi connectivity index (χ1n) is 14.6. The Bertz CT molecular complexity index is 1340. The molecule has 4 aliphatic rings. The molecule has 9 nitrogen and oxygen atoms in total. The first-order valence-corrected chi connectivity index (χ1v) is 14.6. The molecule has 41 heavy (non-hydrogen) atoms. The lowest BCUT2D eigenvalue weighted by Crippen LogP contribution is -2.56. The van der Waals surface area contributed by atoms with Crippen LogP contribution in [0.5, 0.6) is 11.5 Å². The summed E-state index contributed by atoms with van der Waals surface area (Å²) in [5.74, 6) is -0.989. The molecule has 6 rings (SSSR count). The summed E-state index contributed by atoms with van der Waals surface area (Å²) in [6.45, 7) is 2.66. The van der Waals surface area contributed by atoms with E-state index in [1.165, 1.54) is 6.42 Å². The monoisotopic (exact) mass is 559 g/mol. The Morgan fingerprint density at radius 3 is 2.56 bits per heavy atom. The molecule has 2 bridgehead atoms. The van der Waals surface area contributed by atoms with E-state index < -0.39 is 29.6 Å². The van der Waals surface area contributed by atoms with Gasteiger partial charge in [-0.2, -0.15) is 0 Å².